The van der Waals surface area contributed by atoms with Gasteiger partial charge in [0.2, 0.25) is 6.29 Å². The number of rotatable bonds is 10. The Bertz CT molecular complexity index is 754. The molecule has 5 nitrogen and oxygen atoms in total. The maximum atomic E-state index is 12.5. The van der Waals surface area contributed by atoms with E-state index in [0.29, 0.717) is 17.9 Å². The molecule has 0 heterocycles. The second kappa shape index (κ2) is 10.8. The lowest BCUT2D eigenvalue weighted by atomic mass is 10.2. The summed E-state index contributed by atoms with van der Waals surface area (Å²) >= 11 is 0. The van der Waals surface area contributed by atoms with Crippen molar-refractivity contribution < 1.29 is 23.8 Å². The van der Waals surface area contributed by atoms with Crippen molar-refractivity contribution in [1.82, 2.24) is 0 Å². The Kier molecular flexibility index (Phi) is 8.10. The van der Waals surface area contributed by atoms with Crippen LogP contribution in [0.15, 0.2) is 67.3 Å². The van der Waals surface area contributed by atoms with Gasteiger partial charge in [-0.25, -0.2) is 9.59 Å². The molecule has 0 aliphatic carbocycles. The van der Waals surface area contributed by atoms with E-state index in [1.165, 1.54) is 0 Å². The molecular weight excluding hydrogens is 344 g/mol. The van der Waals surface area contributed by atoms with Crippen LogP contribution in [0.1, 0.15) is 43.0 Å². The zero-order valence-electron chi connectivity index (χ0n) is 15.4. The van der Waals surface area contributed by atoms with Crippen molar-refractivity contribution in [1.29, 1.82) is 0 Å². The fraction of sp³-hybridized carbons (Fsp3) is 0.273. The SMILES string of the molecule is C=CC(=O)OC(CCCCC)Oc1ccccc1C(=O)Oc1ccccc1. The van der Waals surface area contributed by atoms with Crippen LogP contribution in [0.25, 0.3) is 0 Å². The van der Waals surface area contributed by atoms with Gasteiger partial charge in [-0.05, 0) is 30.7 Å². The number of unbranched alkanes of at least 4 members (excludes halogenated alkanes) is 2. The van der Waals surface area contributed by atoms with Crippen LogP contribution in [0, 0.1) is 0 Å². The van der Waals surface area contributed by atoms with E-state index in [0.717, 1.165) is 25.3 Å². The lowest BCUT2D eigenvalue weighted by Gasteiger charge is -2.20. The third-order valence-electron chi connectivity index (χ3n) is 3.78. The summed E-state index contributed by atoms with van der Waals surface area (Å²) in [5.41, 5.74) is 0.261. The minimum absolute atomic E-state index is 0.261. The Labute approximate surface area is 159 Å². The Morgan fingerprint density at radius 1 is 1.04 bits per heavy atom. The highest BCUT2D eigenvalue weighted by atomic mass is 16.7. The third kappa shape index (κ3) is 6.62. The number of ether oxygens (including phenoxy) is 3. The number of esters is 2. The van der Waals surface area contributed by atoms with Crippen LogP contribution >= 0.6 is 0 Å². The van der Waals surface area contributed by atoms with E-state index >= 15 is 0 Å². The fourth-order valence-corrected chi connectivity index (χ4v) is 2.41. The Morgan fingerprint density at radius 3 is 2.44 bits per heavy atom. The van der Waals surface area contributed by atoms with Crippen LogP contribution in [-0.4, -0.2) is 18.2 Å². The molecule has 5 heteroatoms. The van der Waals surface area contributed by atoms with Gasteiger partial charge >= 0.3 is 11.9 Å². The van der Waals surface area contributed by atoms with Crippen molar-refractivity contribution >= 4 is 11.9 Å². The lowest BCUT2D eigenvalue weighted by molar-refractivity contribution is -0.158. The first-order valence-corrected chi connectivity index (χ1v) is 9.00. The largest absolute Gasteiger partial charge is 0.454 e. The summed E-state index contributed by atoms with van der Waals surface area (Å²) in [5, 5.41) is 0. The van der Waals surface area contributed by atoms with Gasteiger partial charge in [-0.1, -0.05) is 56.7 Å². The van der Waals surface area contributed by atoms with E-state index in [-0.39, 0.29) is 5.56 Å². The Morgan fingerprint density at radius 2 is 1.74 bits per heavy atom. The number of carbonyl (C=O) groups excluding carboxylic acids is 2. The van der Waals surface area contributed by atoms with Gasteiger partial charge in [0.1, 0.15) is 17.1 Å². The standard InChI is InChI=1S/C22H24O5/c1-3-5-7-16-21(27-20(23)4-2)26-19-15-11-10-14-18(19)22(24)25-17-12-8-6-9-13-17/h4,6,8-15,21H,2-3,5,7,16H2,1H3. The zero-order valence-corrected chi connectivity index (χ0v) is 15.4. The molecule has 0 amide bonds. The van der Waals surface area contributed by atoms with Gasteiger partial charge in [-0.2, -0.15) is 0 Å². The van der Waals surface area contributed by atoms with Crippen LogP contribution in [0.4, 0.5) is 0 Å². The molecule has 2 rings (SSSR count). The summed E-state index contributed by atoms with van der Waals surface area (Å²) in [6.45, 7) is 5.49. The van der Waals surface area contributed by atoms with Crippen molar-refractivity contribution in [2.24, 2.45) is 0 Å². The summed E-state index contributed by atoms with van der Waals surface area (Å²) < 4.78 is 16.5. The van der Waals surface area contributed by atoms with E-state index in [9.17, 15) is 9.59 Å². The predicted molar refractivity (Wildman–Crippen MR) is 103 cm³/mol. The number of benzene rings is 2. The molecule has 0 saturated heterocycles. The summed E-state index contributed by atoms with van der Waals surface area (Å²) in [6, 6.07) is 15.5. The monoisotopic (exact) mass is 368 g/mol. The van der Waals surface area contributed by atoms with Crippen molar-refractivity contribution in [3.05, 3.63) is 72.8 Å². The molecule has 0 aromatic heterocycles. The van der Waals surface area contributed by atoms with Gasteiger partial charge in [-0.3, -0.25) is 0 Å². The average Bonchev–Trinajstić information content (AvgIpc) is 2.69. The fourth-order valence-electron chi connectivity index (χ4n) is 2.41. The highest BCUT2D eigenvalue weighted by molar-refractivity contribution is 5.94. The smallest absolute Gasteiger partial charge is 0.347 e. The molecule has 0 saturated carbocycles. The molecule has 2 aromatic rings. The van der Waals surface area contributed by atoms with Crippen molar-refractivity contribution in [2.45, 2.75) is 38.9 Å². The molecule has 142 valence electrons. The van der Waals surface area contributed by atoms with Crippen molar-refractivity contribution in [3.63, 3.8) is 0 Å². The maximum Gasteiger partial charge on any atom is 0.347 e. The predicted octanol–water partition coefficient (Wildman–Crippen LogP) is 4.92. The summed E-state index contributed by atoms with van der Waals surface area (Å²) in [6.07, 6.45) is 3.67. The zero-order chi connectivity index (χ0) is 19.5. The topological polar surface area (TPSA) is 61.8 Å². The first-order chi connectivity index (χ1) is 13.1. The number of para-hydroxylation sites is 2. The molecule has 2 aromatic carbocycles. The Hall–Kier alpha value is -3.08. The maximum absolute atomic E-state index is 12.5. The van der Waals surface area contributed by atoms with Crippen molar-refractivity contribution in [2.75, 3.05) is 0 Å². The molecule has 0 fully saturated rings. The second-order valence-electron chi connectivity index (χ2n) is 5.88. The van der Waals surface area contributed by atoms with Gasteiger partial charge in [-0.15, -0.1) is 0 Å². The summed E-state index contributed by atoms with van der Waals surface area (Å²) in [5.74, 6) is -0.369. The van der Waals surface area contributed by atoms with Gasteiger partial charge in [0.05, 0.1) is 0 Å². The summed E-state index contributed by atoms with van der Waals surface area (Å²) in [4.78, 5) is 24.1. The number of hydrogen-bond donors (Lipinski definition) is 0. The highest BCUT2D eigenvalue weighted by Gasteiger charge is 2.20. The van der Waals surface area contributed by atoms with E-state index < -0.39 is 18.2 Å². The van der Waals surface area contributed by atoms with E-state index in [1.54, 1.807) is 48.5 Å². The van der Waals surface area contributed by atoms with Gasteiger partial charge in [0, 0.05) is 12.5 Å². The highest BCUT2D eigenvalue weighted by Crippen LogP contribution is 2.23. The molecule has 0 bridgehead atoms. The van der Waals surface area contributed by atoms with Gasteiger partial charge in [0.25, 0.3) is 0 Å². The minimum Gasteiger partial charge on any atom is -0.454 e. The summed E-state index contributed by atoms with van der Waals surface area (Å²) in [7, 11) is 0. The number of hydrogen-bond acceptors (Lipinski definition) is 5. The minimum atomic E-state index is -0.798. The van der Waals surface area contributed by atoms with Crippen LogP contribution < -0.4 is 9.47 Å². The van der Waals surface area contributed by atoms with Crippen LogP contribution in [0.5, 0.6) is 11.5 Å². The number of carbonyl (C=O) groups is 2. The molecule has 27 heavy (non-hydrogen) atoms. The average molecular weight is 368 g/mol. The van der Waals surface area contributed by atoms with Gasteiger partial charge < -0.3 is 14.2 Å². The molecular formula is C22H24O5. The molecule has 0 spiro atoms. The van der Waals surface area contributed by atoms with Crippen molar-refractivity contribution in [3.8, 4) is 11.5 Å². The molecule has 1 atom stereocenters. The normalized spacial score (nSPS) is 11.3. The molecule has 0 N–H and O–H groups in total. The van der Waals surface area contributed by atoms with E-state index in [2.05, 4.69) is 13.5 Å². The van der Waals surface area contributed by atoms with Crippen LogP contribution in [0.2, 0.25) is 0 Å². The molecule has 1 unspecified atom stereocenters. The van der Waals surface area contributed by atoms with Crippen LogP contribution in [-0.2, 0) is 9.53 Å². The van der Waals surface area contributed by atoms with E-state index in [4.69, 9.17) is 14.2 Å². The molecule has 0 aliphatic heterocycles. The van der Waals surface area contributed by atoms with Gasteiger partial charge in [0.15, 0.2) is 0 Å². The first-order valence-electron chi connectivity index (χ1n) is 9.00. The lowest BCUT2D eigenvalue weighted by Crippen LogP contribution is -2.24. The Balaban J connectivity index is 2.14. The van der Waals surface area contributed by atoms with Crippen LogP contribution in [0.3, 0.4) is 0 Å². The molecule has 0 aliphatic rings. The second-order valence-corrected chi connectivity index (χ2v) is 5.88. The quantitative estimate of drug-likeness (QED) is 0.196. The third-order valence-corrected chi connectivity index (χ3v) is 3.78. The first kappa shape index (κ1) is 20.2. The van der Waals surface area contributed by atoms with E-state index in [1.807, 2.05) is 6.07 Å². The molecule has 0 radical (unpaired) electrons.